The summed E-state index contributed by atoms with van der Waals surface area (Å²) in [6, 6.07) is 13.7. The average Bonchev–Trinajstić information content (AvgIpc) is 3.37. The molecule has 5 rings (SSSR count). The van der Waals surface area contributed by atoms with E-state index >= 15 is 0 Å². The number of fused-ring (bicyclic) bond motifs is 2. The minimum absolute atomic E-state index is 0.0532. The van der Waals surface area contributed by atoms with Crippen LogP contribution in [0.4, 0.5) is 0 Å². The molecule has 0 spiro atoms. The van der Waals surface area contributed by atoms with Crippen molar-refractivity contribution in [2.45, 2.75) is 4.90 Å². The zero-order valence-corrected chi connectivity index (χ0v) is 17.7. The topological polar surface area (TPSA) is 105 Å². The molecule has 1 fully saturated rings. The van der Waals surface area contributed by atoms with Crippen LogP contribution in [0.1, 0.15) is 42.4 Å². The van der Waals surface area contributed by atoms with E-state index in [1.54, 1.807) is 36.4 Å². The van der Waals surface area contributed by atoms with Gasteiger partial charge in [0, 0.05) is 48.4 Å². The summed E-state index contributed by atoms with van der Waals surface area (Å²) >= 11 is 0. The van der Waals surface area contributed by atoms with E-state index in [1.807, 2.05) is 0 Å². The molecule has 1 amide bonds. The molecular weight excluding hydrogens is 432 g/mol. The predicted octanol–water partition coefficient (Wildman–Crippen LogP) is 2.20. The number of carbonyl (C=O) groups is 3. The van der Waals surface area contributed by atoms with Crippen LogP contribution in [0, 0.1) is 0 Å². The number of furan rings is 1. The van der Waals surface area contributed by atoms with Gasteiger partial charge in [-0.25, -0.2) is 8.42 Å². The molecule has 1 aromatic heterocycles. The first-order valence-electron chi connectivity index (χ1n) is 10.0. The quantitative estimate of drug-likeness (QED) is 0.474. The highest BCUT2D eigenvalue weighted by atomic mass is 32.2. The largest absolute Gasteiger partial charge is 0.459 e. The van der Waals surface area contributed by atoms with E-state index in [4.69, 9.17) is 4.42 Å². The van der Waals surface area contributed by atoms with Crippen LogP contribution in [0.3, 0.4) is 0 Å². The van der Waals surface area contributed by atoms with Crippen LogP contribution in [-0.2, 0) is 10.0 Å². The molecule has 9 heteroatoms. The van der Waals surface area contributed by atoms with Gasteiger partial charge in [-0.2, -0.15) is 4.31 Å². The molecule has 8 nitrogen and oxygen atoms in total. The van der Waals surface area contributed by atoms with Crippen molar-refractivity contribution < 1.29 is 27.2 Å². The van der Waals surface area contributed by atoms with Crippen molar-refractivity contribution >= 4 is 27.5 Å². The van der Waals surface area contributed by atoms with Gasteiger partial charge in [-0.15, -0.1) is 0 Å². The van der Waals surface area contributed by atoms with Crippen molar-refractivity contribution in [2.75, 3.05) is 26.2 Å². The number of rotatable bonds is 3. The lowest BCUT2D eigenvalue weighted by atomic mass is 9.84. The Hall–Kier alpha value is -3.56. The van der Waals surface area contributed by atoms with Crippen molar-refractivity contribution in [1.82, 2.24) is 9.21 Å². The molecule has 0 N–H and O–H groups in total. The fourth-order valence-electron chi connectivity index (χ4n) is 4.08. The summed E-state index contributed by atoms with van der Waals surface area (Å²) in [5, 5.41) is 0. The first-order chi connectivity index (χ1) is 15.4. The molecule has 0 unspecified atom stereocenters. The summed E-state index contributed by atoms with van der Waals surface area (Å²) < 4.78 is 32.8. The van der Waals surface area contributed by atoms with Crippen molar-refractivity contribution in [1.29, 1.82) is 0 Å². The second-order valence-corrected chi connectivity index (χ2v) is 9.52. The molecule has 0 radical (unpaired) electrons. The minimum atomic E-state index is -3.91. The molecule has 2 aliphatic rings. The minimum Gasteiger partial charge on any atom is -0.459 e. The molecule has 3 aromatic rings. The van der Waals surface area contributed by atoms with Gasteiger partial charge in [-0.05, 0) is 30.3 Å². The predicted molar refractivity (Wildman–Crippen MR) is 113 cm³/mol. The zero-order chi connectivity index (χ0) is 22.5. The molecule has 32 heavy (non-hydrogen) atoms. The third-order valence-electron chi connectivity index (χ3n) is 5.79. The maximum atomic E-state index is 13.2. The molecule has 2 heterocycles. The van der Waals surface area contributed by atoms with Gasteiger partial charge in [0.1, 0.15) is 0 Å². The molecule has 1 aliphatic heterocycles. The van der Waals surface area contributed by atoms with E-state index in [1.165, 1.54) is 33.7 Å². The summed E-state index contributed by atoms with van der Waals surface area (Å²) in [4.78, 5) is 39.6. The van der Waals surface area contributed by atoms with E-state index in [9.17, 15) is 22.8 Å². The number of hydrogen-bond donors (Lipinski definition) is 0. The Morgan fingerprint density at radius 3 is 2.03 bits per heavy atom. The number of sulfonamides is 1. The number of benzene rings is 2. The lowest BCUT2D eigenvalue weighted by Crippen LogP contribution is -2.50. The van der Waals surface area contributed by atoms with Crippen molar-refractivity contribution in [3.05, 3.63) is 88.9 Å². The van der Waals surface area contributed by atoms with Gasteiger partial charge < -0.3 is 9.32 Å². The second-order valence-electron chi connectivity index (χ2n) is 7.58. The first-order valence-corrected chi connectivity index (χ1v) is 11.5. The third-order valence-corrected chi connectivity index (χ3v) is 7.69. The van der Waals surface area contributed by atoms with Crippen molar-refractivity contribution in [3.63, 3.8) is 0 Å². The third kappa shape index (κ3) is 3.17. The number of hydrogen-bond acceptors (Lipinski definition) is 6. The molecule has 1 saturated heterocycles. The Labute approximate surface area is 184 Å². The Morgan fingerprint density at radius 2 is 1.41 bits per heavy atom. The molecule has 0 bridgehead atoms. The molecule has 2 aromatic carbocycles. The maximum absolute atomic E-state index is 13.2. The number of nitrogens with zero attached hydrogens (tertiary/aromatic N) is 2. The summed E-state index contributed by atoms with van der Waals surface area (Å²) in [5.74, 6) is -0.756. The molecule has 0 saturated carbocycles. The summed E-state index contributed by atoms with van der Waals surface area (Å²) in [6.07, 6.45) is 1.41. The Bertz CT molecular complexity index is 1350. The normalized spacial score (nSPS) is 16.6. The Balaban J connectivity index is 1.39. The smallest absolute Gasteiger partial charge is 0.289 e. The van der Waals surface area contributed by atoms with Crippen LogP contribution >= 0.6 is 0 Å². The monoisotopic (exact) mass is 450 g/mol. The highest BCUT2D eigenvalue weighted by Crippen LogP contribution is 2.30. The van der Waals surface area contributed by atoms with E-state index < -0.39 is 10.0 Å². The molecule has 0 atom stereocenters. The standard InChI is InChI=1S/C23H18N2O6S/c26-21-16-4-1-2-5-17(16)22(27)19-14-15(7-8-18(19)21)32(29,30)25-11-9-24(10-12-25)23(28)20-6-3-13-31-20/h1-8,13-14H,9-12H2. The van der Waals surface area contributed by atoms with Gasteiger partial charge in [-0.1, -0.05) is 24.3 Å². The number of amides is 1. The van der Waals surface area contributed by atoms with Crippen LogP contribution in [0.2, 0.25) is 0 Å². The summed E-state index contributed by atoms with van der Waals surface area (Å²) in [7, 11) is -3.91. The average molecular weight is 450 g/mol. The van der Waals surface area contributed by atoms with E-state index in [2.05, 4.69) is 0 Å². The van der Waals surface area contributed by atoms with E-state index in [0.29, 0.717) is 5.56 Å². The SMILES string of the molecule is O=C1c2ccccc2C(=O)c2cc(S(=O)(=O)N3CCN(C(=O)c4ccco4)CC3)ccc21. The van der Waals surface area contributed by atoms with Gasteiger partial charge in [0.2, 0.25) is 10.0 Å². The zero-order valence-electron chi connectivity index (χ0n) is 16.9. The van der Waals surface area contributed by atoms with Crippen LogP contribution < -0.4 is 0 Å². The maximum Gasteiger partial charge on any atom is 0.289 e. The van der Waals surface area contributed by atoms with Crippen LogP contribution in [-0.4, -0.2) is 61.3 Å². The number of piperazine rings is 1. The second kappa shape index (κ2) is 7.54. The van der Waals surface area contributed by atoms with E-state index in [-0.39, 0.29) is 71.0 Å². The lowest BCUT2D eigenvalue weighted by molar-refractivity contribution is 0.0665. The van der Waals surface area contributed by atoms with Gasteiger partial charge >= 0.3 is 0 Å². The fourth-order valence-corrected chi connectivity index (χ4v) is 5.52. The number of ketones is 2. The van der Waals surface area contributed by atoms with E-state index in [0.717, 1.165) is 0 Å². The van der Waals surface area contributed by atoms with Gasteiger partial charge in [0.15, 0.2) is 17.3 Å². The molecular formula is C23H18N2O6S. The first kappa shape index (κ1) is 20.3. The van der Waals surface area contributed by atoms with Gasteiger partial charge in [-0.3, -0.25) is 14.4 Å². The van der Waals surface area contributed by atoms with Crippen molar-refractivity contribution in [2.24, 2.45) is 0 Å². The van der Waals surface area contributed by atoms with Crippen molar-refractivity contribution in [3.8, 4) is 0 Å². The lowest BCUT2D eigenvalue weighted by Gasteiger charge is -2.33. The Kier molecular flexibility index (Phi) is 4.79. The Morgan fingerprint density at radius 1 is 0.781 bits per heavy atom. The fraction of sp³-hybridized carbons (Fsp3) is 0.174. The summed E-state index contributed by atoms with van der Waals surface area (Å²) in [5.41, 5.74) is 0.866. The van der Waals surface area contributed by atoms with Crippen LogP contribution in [0.25, 0.3) is 0 Å². The van der Waals surface area contributed by atoms with Gasteiger partial charge in [0.25, 0.3) is 5.91 Å². The van der Waals surface area contributed by atoms with Crippen LogP contribution in [0.15, 0.2) is 70.2 Å². The highest BCUT2D eigenvalue weighted by molar-refractivity contribution is 7.89. The number of carbonyl (C=O) groups excluding carboxylic acids is 3. The van der Waals surface area contributed by atoms with Gasteiger partial charge in [0.05, 0.1) is 11.2 Å². The molecule has 1 aliphatic carbocycles. The molecule has 162 valence electrons. The summed E-state index contributed by atoms with van der Waals surface area (Å²) in [6.45, 7) is 0.659. The van der Waals surface area contributed by atoms with Crippen LogP contribution in [0.5, 0.6) is 0 Å². The highest BCUT2D eigenvalue weighted by Gasteiger charge is 2.34.